The van der Waals surface area contributed by atoms with Gasteiger partial charge in [0.1, 0.15) is 19.1 Å². The second-order valence-corrected chi connectivity index (χ2v) is 12.4. The first-order valence-corrected chi connectivity index (χ1v) is 15.4. The maximum Gasteiger partial charge on any atom is 0.233 e. The number of nitrogens with one attached hydrogen (secondary N) is 3. The van der Waals surface area contributed by atoms with Crippen LogP contribution < -0.4 is 21.7 Å². The fourth-order valence-electron chi connectivity index (χ4n) is 7.16. The van der Waals surface area contributed by atoms with Crippen LogP contribution in [0.25, 0.3) is 0 Å². The van der Waals surface area contributed by atoms with Crippen LogP contribution in [0.1, 0.15) is 40.0 Å². The van der Waals surface area contributed by atoms with E-state index in [4.69, 9.17) is 5.73 Å². The number of hydrogen-bond donors (Lipinski definition) is 4. The molecular formula is C29H53F2N8O+. The fraction of sp³-hybridized carbons (Fsp3) is 0.862. The van der Waals surface area contributed by atoms with E-state index in [1.54, 1.807) is 17.8 Å². The van der Waals surface area contributed by atoms with Crippen molar-refractivity contribution in [1.82, 2.24) is 30.7 Å². The predicted octanol–water partition coefficient (Wildman–Crippen LogP) is 0.367. The van der Waals surface area contributed by atoms with Crippen LogP contribution >= 0.6 is 0 Å². The number of rotatable bonds is 6. The first kappa shape index (κ1) is 31.3. The molecule has 4 rings (SSSR count). The molecule has 3 saturated heterocycles. The van der Waals surface area contributed by atoms with Gasteiger partial charge >= 0.3 is 0 Å². The van der Waals surface area contributed by atoms with Gasteiger partial charge in [0.2, 0.25) is 5.91 Å². The molecule has 0 aromatic rings. The summed E-state index contributed by atoms with van der Waals surface area (Å²) in [5.74, 6) is -0.686. The Bertz CT molecular complexity index is 914. The summed E-state index contributed by atoms with van der Waals surface area (Å²) < 4.78 is 32.2. The summed E-state index contributed by atoms with van der Waals surface area (Å²) in [5.41, 5.74) is 7.64. The van der Waals surface area contributed by atoms with Crippen LogP contribution in [0.4, 0.5) is 8.78 Å². The van der Waals surface area contributed by atoms with Gasteiger partial charge in [-0.25, -0.2) is 13.4 Å². The number of carbonyl (C=O) groups is 1. The predicted molar refractivity (Wildman–Crippen MR) is 156 cm³/mol. The van der Waals surface area contributed by atoms with Crippen LogP contribution in [0.5, 0.6) is 0 Å². The molecule has 8 atom stereocenters. The Morgan fingerprint density at radius 1 is 1.15 bits per heavy atom. The number of alkyl halides is 2. The zero-order valence-corrected chi connectivity index (χ0v) is 25.2. The molecule has 5 N–H and O–H groups in total. The number of carbonyl (C=O) groups excluding carboxylic acids is 1. The monoisotopic (exact) mass is 567 g/mol. The third-order valence-electron chi connectivity index (χ3n) is 9.73. The second kappa shape index (κ2) is 14.0. The highest BCUT2D eigenvalue weighted by Crippen LogP contribution is 2.25. The number of nitrogens with zero attached hydrogens (tertiary/aromatic N) is 4. The minimum atomic E-state index is -1.16. The molecule has 4 aliphatic heterocycles. The van der Waals surface area contributed by atoms with Crippen LogP contribution in [-0.2, 0) is 4.79 Å². The summed E-state index contributed by atoms with van der Waals surface area (Å²) in [6.07, 6.45) is 2.57. The summed E-state index contributed by atoms with van der Waals surface area (Å²) in [7, 11) is 3.93. The Morgan fingerprint density at radius 2 is 1.85 bits per heavy atom. The molecule has 0 bridgehead atoms. The van der Waals surface area contributed by atoms with Gasteiger partial charge in [-0.1, -0.05) is 19.9 Å². The summed E-state index contributed by atoms with van der Waals surface area (Å²) in [5, 5.41) is 9.81. The van der Waals surface area contributed by atoms with Crippen molar-refractivity contribution < 1.29 is 18.2 Å². The minimum Gasteiger partial charge on any atom is -0.372 e. The van der Waals surface area contributed by atoms with E-state index in [1.165, 1.54) is 0 Å². The van der Waals surface area contributed by atoms with E-state index in [2.05, 4.69) is 51.5 Å². The molecule has 0 radical (unpaired) electrons. The van der Waals surface area contributed by atoms with E-state index in [9.17, 15) is 9.18 Å². The second-order valence-electron chi connectivity index (χ2n) is 12.4. The number of hydrogen-bond acceptors (Lipinski definition) is 7. The van der Waals surface area contributed by atoms with E-state index >= 15 is 4.39 Å². The zero-order valence-electron chi connectivity index (χ0n) is 25.2. The largest absolute Gasteiger partial charge is 0.372 e. The number of amides is 1. The Kier molecular flexibility index (Phi) is 11.0. The Hall–Kier alpha value is -1.66. The Balaban J connectivity index is 1.54. The number of piperidine rings is 1. The molecule has 9 nitrogen and oxygen atoms in total. The standard InChI is InChI=1S/C29H52F2N8O/c1-6-20(7-2)24-9-8-21(30)16-37(5)19(3)26(28(32)34-24)29(40)35-25-15-33-14-23(31)27(25)39-13-12-38-11-10-36(4)17-22(38)18-39/h9,16,19-23,25-28,33-34H,6-8,10-15,17-18,32H2,1-5H3/p+1. The highest BCUT2D eigenvalue weighted by molar-refractivity contribution is 5.80. The smallest absolute Gasteiger partial charge is 0.233 e. The van der Waals surface area contributed by atoms with Gasteiger partial charge in [-0.15, -0.1) is 0 Å². The maximum atomic E-state index is 15.6. The SMILES string of the molecule is CCC(CC)C1=CCC(F)C=[N+](C)C(C)C(C(=O)NC2CNCC(F)C2N2CCN3CCN(C)CC3C2)C(N)N1. The number of allylic oxidation sites excluding steroid dienone is 2. The highest BCUT2D eigenvalue weighted by atomic mass is 19.1. The van der Waals surface area contributed by atoms with E-state index in [1.807, 2.05) is 13.0 Å². The van der Waals surface area contributed by atoms with Gasteiger partial charge in [0.15, 0.2) is 18.4 Å². The van der Waals surface area contributed by atoms with E-state index in [-0.39, 0.29) is 30.8 Å². The molecule has 8 unspecified atom stereocenters. The Labute approximate surface area is 239 Å². The van der Waals surface area contributed by atoms with Crippen LogP contribution in [0.2, 0.25) is 0 Å². The van der Waals surface area contributed by atoms with Crippen LogP contribution in [0.3, 0.4) is 0 Å². The summed E-state index contributed by atoms with van der Waals surface area (Å²) >= 11 is 0. The molecule has 0 aromatic heterocycles. The molecule has 0 aliphatic carbocycles. The summed E-state index contributed by atoms with van der Waals surface area (Å²) in [6, 6.07) is -0.788. The molecule has 0 saturated carbocycles. The topological polar surface area (TPSA) is 91.9 Å². The van der Waals surface area contributed by atoms with Crippen molar-refractivity contribution in [3.63, 3.8) is 0 Å². The van der Waals surface area contributed by atoms with Crippen molar-refractivity contribution in [2.75, 3.05) is 66.5 Å². The molecule has 40 heavy (non-hydrogen) atoms. The van der Waals surface area contributed by atoms with Crippen molar-refractivity contribution >= 4 is 12.1 Å². The number of nitrogens with two attached hydrogens (primary N) is 1. The average Bonchev–Trinajstić information content (AvgIpc) is 2.91. The van der Waals surface area contributed by atoms with E-state index in [0.29, 0.717) is 12.6 Å². The minimum absolute atomic E-state index is 0.214. The average molecular weight is 568 g/mol. The van der Waals surface area contributed by atoms with Gasteiger partial charge in [0.05, 0.1) is 18.2 Å². The first-order valence-electron chi connectivity index (χ1n) is 15.4. The number of likely N-dealkylation sites (N-methyl/N-ethyl adjacent to an activating group) is 1. The van der Waals surface area contributed by atoms with Gasteiger partial charge in [-0.2, -0.15) is 0 Å². The number of piperazine rings is 2. The van der Waals surface area contributed by atoms with Gasteiger partial charge < -0.3 is 26.6 Å². The highest BCUT2D eigenvalue weighted by Gasteiger charge is 2.45. The quantitative estimate of drug-likeness (QED) is 0.345. The lowest BCUT2D eigenvalue weighted by molar-refractivity contribution is -0.539. The lowest BCUT2D eigenvalue weighted by Gasteiger charge is -2.51. The molecule has 4 aliphatic rings. The first-order chi connectivity index (χ1) is 19.1. The normalized spacial score (nSPS) is 37.2. The van der Waals surface area contributed by atoms with Crippen molar-refractivity contribution in [1.29, 1.82) is 0 Å². The summed E-state index contributed by atoms with van der Waals surface area (Å²) in [6.45, 7) is 12.5. The molecular weight excluding hydrogens is 514 g/mol. The van der Waals surface area contributed by atoms with E-state index in [0.717, 1.165) is 57.8 Å². The molecule has 4 heterocycles. The Morgan fingerprint density at radius 3 is 2.58 bits per heavy atom. The lowest BCUT2D eigenvalue weighted by atomic mass is 9.90. The number of fused-ring (bicyclic) bond motifs is 1. The molecule has 0 spiro atoms. The lowest BCUT2D eigenvalue weighted by Crippen LogP contribution is -2.71. The van der Waals surface area contributed by atoms with Crippen molar-refractivity contribution in [3.05, 3.63) is 11.8 Å². The number of halogens is 2. The molecule has 228 valence electrons. The van der Waals surface area contributed by atoms with Gasteiger partial charge in [0, 0.05) is 70.5 Å². The molecule has 11 heteroatoms. The van der Waals surface area contributed by atoms with Crippen LogP contribution in [-0.4, -0.2) is 141 Å². The van der Waals surface area contributed by atoms with Gasteiger partial charge in [-0.05, 0) is 32.7 Å². The third-order valence-corrected chi connectivity index (χ3v) is 9.73. The van der Waals surface area contributed by atoms with Crippen molar-refractivity contribution in [3.8, 4) is 0 Å². The molecule has 0 aromatic carbocycles. The van der Waals surface area contributed by atoms with Crippen LogP contribution in [0.15, 0.2) is 11.8 Å². The third kappa shape index (κ3) is 7.21. The molecule has 3 fully saturated rings. The van der Waals surface area contributed by atoms with Crippen molar-refractivity contribution in [2.24, 2.45) is 17.6 Å². The van der Waals surface area contributed by atoms with E-state index < -0.39 is 36.5 Å². The molecule has 1 amide bonds. The van der Waals surface area contributed by atoms with Crippen LogP contribution in [0, 0.1) is 11.8 Å². The fourth-order valence-corrected chi connectivity index (χ4v) is 7.16. The van der Waals surface area contributed by atoms with Gasteiger partial charge in [-0.3, -0.25) is 14.6 Å². The zero-order chi connectivity index (χ0) is 29.0. The van der Waals surface area contributed by atoms with Crippen molar-refractivity contribution in [2.45, 2.75) is 82.7 Å². The maximum absolute atomic E-state index is 15.6. The summed E-state index contributed by atoms with van der Waals surface area (Å²) in [4.78, 5) is 21.1. The van der Waals surface area contributed by atoms with Gasteiger partial charge in [0.25, 0.3) is 0 Å².